The Morgan fingerprint density at radius 2 is 1.97 bits per heavy atom. The number of ether oxygens (including phenoxy) is 1. The number of hydrogen-bond donors (Lipinski definition) is 1. The Bertz CT molecular complexity index is 1370. The van der Waals surface area contributed by atoms with E-state index < -0.39 is 18.5 Å². The van der Waals surface area contributed by atoms with Crippen molar-refractivity contribution in [1.82, 2.24) is 9.13 Å². The van der Waals surface area contributed by atoms with Gasteiger partial charge in [-0.1, -0.05) is 18.2 Å². The lowest BCUT2D eigenvalue weighted by Gasteiger charge is -2.12. The topological polar surface area (TPSA) is 102 Å². The summed E-state index contributed by atoms with van der Waals surface area (Å²) in [7, 11) is 0. The summed E-state index contributed by atoms with van der Waals surface area (Å²) in [5, 5.41) is 13.2. The van der Waals surface area contributed by atoms with Gasteiger partial charge in [-0.15, -0.1) is 0 Å². The normalized spacial score (nSPS) is 10.8. The van der Waals surface area contributed by atoms with Crippen molar-refractivity contribution >= 4 is 28.6 Å². The van der Waals surface area contributed by atoms with Gasteiger partial charge in [0.15, 0.2) is 6.61 Å². The SMILES string of the molecule is CCn1cc(C(=O)OCC(=O)Nc2c(C#N)c(C)c(C)n2Cc2ccco2)c2ccccc21. The van der Waals surface area contributed by atoms with E-state index in [2.05, 4.69) is 11.4 Å². The summed E-state index contributed by atoms with van der Waals surface area (Å²) in [6.45, 7) is 6.27. The van der Waals surface area contributed by atoms with Crippen molar-refractivity contribution in [3.63, 3.8) is 0 Å². The molecule has 33 heavy (non-hydrogen) atoms. The summed E-state index contributed by atoms with van der Waals surface area (Å²) >= 11 is 0. The van der Waals surface area contributed by atoms with Crippen LogP contribution >= 0.6 is 0 Å². The first-order chi connectivity index (χ1) is 15.9. The number of aromatic nitrogens is 2. The number of nitriles is 1. The van der Waals surface area contributed by atoms with Gasteiger partial charge in [0, 0.05) is 29.3 Å². The van der Waals surface area contributed by atoms with Crippen molar-refractivity contribution in [2.75, 3.05) is 11.9 Å². The third-order valence-corrected chi connectivity index (χ3v) is 5.78. The zero-order valence-electron chi connectivity index (χ0n) is 18.7. The third-order valence-electron chi connectivity index (χ3n) is 5.78. The third kappa shape index (κ3) is 4.13. The van der Waals surface area contributed by atoms with Crippen LogP contribution in [0.15, 0.2) is 53.3 Å². The summed E-state index contributed by atoms with van der Waals surface area (Å²) in [5.74, 6) is -0.0657. The van der Waals surface area contributed by atoms with Crippen molar-refractivity contribution in [3.05, 3.63) is 77.0 Å². The number of aryl methyl sites for hydroxylation is 1. The number of nitrogens with one attached hydrogen (secondary N) is 1. The molecule has 0 fully saturated rings. The fourth-order valence-electron chi connectivity index (χ4n) is 3.93. The molecule has 0 saturated heterocycles. The molecule has 0 spiro atoms. The van der Waals surface area contributed by atoms with Gasteiger partial charge in [0.1, 0.15) is 17.6 Å². The highest BCUT2D eigenvalue weighted by Crippen LogP contribution is 2.27. The minimum atomic E-state index is -0.576. The second-order valence-corrected chi connectivity index (χ2v) is 7.68. The fourth-order valence-corrected chi connectivity index (χ4v) is 3.93. The predicted molar refractivity (Wildman–Crippen MR) is 123 cm³/mol. The number of nitrogens with zero attached hydrogens (tertiary/aromatic N) is 3. The lowest BCUT2D eigenvalue weighted by atomic mass is 10.2. The Kier molecular flexibility index (Phi) is 6.05. The number of fused-ring (bicyclic) bond motifs is 1. The molecule has 0 bridgehead atoms. The standard InChI is InChI=1S/C25H24N4O4/c1-4-28-14-21(19-9-5-6-10-22(19)28)25(31)33-15-23(30)27-24-20(12-26)16(2)17(3)29(24)13-18-8-7-11-32-18/h5-11,14H,4,13,15H2,1-3H3,(H,27,30). The Morgan fingerprint density at radius 1 is 1.18 bits per heavy atom. The number of carbonyl (C=O) groups is 2. The fraction of sp³-hybridized carbons (Fsp3) is 0.240. The Morgan fingerprint density at radius 3 is 2.67 bits per heavy atom. The van der Waals surface area contributed by atoms with E-state index in [1.807, 2.05) is 55.7 Å². The van der Waals surface area contributed by atoms with Gasteiger partial charge >= 0.3 is 5.97 Å². The maximum atomic E-state index is 12.7. The highest BCUT2D eigenvalue weighted by atomic mass is 16.5. The largest absolute Gasteiger partial charge is 0.467 e. The van der Waals surface area contributed by atoms with Crippen molar-refractivity contribution in [3.8, 4) is 6.07 Å². The van der Waals surface area contributed by atoms with E-state index in [9.17, 15) is 14.9 Å². The minimum absolute atomic E-state index is 0.354. The molecule has 168 valence electrons. The van der Waals surface area contributed by atoms with Crippen LogP contribution in [0.25, 0.3) is 10.9 Å². The van der Waals surface area contributed by atoms with Crippen LogP contribution in [0.5, 0.6) is 0 Å². The van der Waals surface area contributed by atoms with Crippen LogP contribution in [-0.2, 0) is 22.6 Å². The first-order valence-electron chi connectivity index (χ1n) is 10.6. The predicted octanol–water partition coefficient (Wildman–Crippen LogP) is 4.39. The average molecular weight is 444 g/mol. The summed E-state index contributed by atoms with van der Waals surface area (Å²) < 4.78 is 14.5. The van der Waals surface area contributed by atoms with Crippen LogP contribution < -0.4 is 5.32 Å². The molecule has 3 aromatic heterocycles. The molecule has 0 saturated carbocycles. The van der Waals surface area contributed by atoms with Gasteiger partial charge in [-0.25, -0.2) is 4.79 Å². The van der Waals surface area contributed by atoms with Gasteiger partial charge in [0.2, 0.25) is 0 Å². The highest BCUT2D eigenvalue weighted by Gasteiger charge is 2.22. The van der Waals surface area contributed by atoms with E-state index in [1.165, 1.54) is 0 Å². The zero-order valence-corrected chi connectivity index (χ0v) is 18.7. The smallest absolute Gasteiger partial charge is 0.340 e. The van der Waals surface area contributed by atoms with Crippen LogP contribution in [0.4, 0.5) is 5.82 Å². The number of esters is 1. The molecule has 1 aromatic carbocycles. The van der Waals surface area contributed by atoms with Gasteiger partial charge in [-0.2, -0.15) is 5.26 Å². The van der Waals surface area contributed by atoms with Crippen LogP contribution in [0.2, 0.25) is 0 Å². The molecule has 0 aliphatic heterocycles. The van der Waals surface area contributed by atoms with E-state index in [4.69, 9.17) is 9.15 Å². The van der Waals surface area contributed by atoms with Crippen molar-refractivity contribution < 1.29 is 18.7 Å². The molecule has 0 unspecified atom stereocenters. The molecule has 0 aliphatic rings. The number of furan rings is 1. The maximum absolute atomic E-state index is 12.7. The minimum Gasteiger partial charge on any atom is -0.467 e. The molecule has 4 aromatic rings. The van der Waals surface area contributed by atoms with Gasteiger partial charge in [-0.05, 0) is 44.5 Å². The van der Waals surface area contributed by atoms with Crippen LogP contribution in [-0.4, -0.2) is 27.6 Å². The summed E-state index contributed by atoms with van der Waals surface area (Å²) in [6, 6.07) is 13.3. The number of amides is 1. The first kappa shape index (κ1) is 22.0. The molecule has 0 atom stereocenters. The van der Waals surface area contributed by atoms with E-state index in [0.29, 0.717) is 35.8 Å². The number of para-hydroxylation sites is 1. The molecular formula is C25H24N4O4. The zero-order chi connectivity index (χ0) is 23.5. The molecule has 1 N–H and O–H groups in total. The van der Waals surface area contributed by atoms with Crippen LogP contribution in [0, 0.1) is 25.2 Å². The van der Waals surface area contributed by atoms with Crippen molar-refractivity contribution in [1.29, 1.82) is 5.26 Å². The van der Waals surface area contributed by atoms with Crippen molar-refractivity contribution in [2.45, 2.75) is 33.9 Å². The van der Waals surface area contributed by atoms with E-state index >= 15 is 0 Å². The molecule has 0 aliphatic carbocycles. The lowest BCUT2D eigenvalue weighted by molar-refractivity contribution is -0.119. The first-order valence-corrected chi connectivity index (χ1v) is 10.6. The summed E-state index contributed by atoms with van der Waals surface area (Å²) in [6.07, 6.45) is 3.30. The van der Waals surface area contributed by atoms with E-state index in [1.54, 1.807) is 23.1 Å². The molecule has 3 heterocycles. The van der Waals surface area contributed by atoms with Gasteiger partial charge < -0.3 is 23.6 Å². The molecular weight excluding hydrogens is 420 g/mol. The lowest BCUT2D eigenvalue weighted by Crippen LogP contribution is -2.23. The second kappa shape index (κ2) is 9.09. The van der Waals surface area contributed by atoms with Gasteiger partial charge in [0.25, 0.3) is 5.91 Å². The summed E-state index contributed by atoms with van der Waals surface area (Å²) in [4.78, 5) is 25.4. The monoisotopic (exact) mass is 444 g/mol. The Hall–Kier alpha value is -4.25. The number of anilines is 1. The summed E-state index contributed by atoms with van der Waals surface area (Å²) in [5.41, 5.74) is 3.30. The number of benzene rings is 1. The molecule has 8 heteroatoms. The van der Waals surface area contributed by atoms with Crippen LogP contribution in [0.1, 0.15) is 39.9 Å². The average Bonchev–Trinajstić information content (AvgIpc) is 3.52. The quantitative estimate of drug-likeness (QED) is 0.426. The van der Waals surface area contributed by atoms with E-state index in [0.717, 1.165) is 22.2 Å². The second-order valence-electron chi connectivity index (χ2n) is 7.68. The highest BCUT2D eigenvalue weighted by molar-refractivity contribution is 6.05. The molecule has 0 radical (unpaired) electrons. The Balaban J connectivity index is 1.51. The van der Waals surface area contributed by atoms with Crippen molar-refractivity contribution in [2.24, 2.45) is 0 Å². The number of rotatable bonds is 7. The number of carbonyl (C=O) groups excluding carboxylic acids is 2. The molecule has 4 rings (SSSR count). The molecule has 1 amide bonds. The van der Waals surface area contributed by atoms with E-state index in [-0.39, 0.29) is 0 Å². The van der Waals surface area contributed by atoms with Crippen LogP contribution in [0.3, 0.4) is 0 Å². The van der Waals surface area contributed by atoms with Gasteiger partial charge in [-0.3, -0.25) is 4.79 Å². The number of hydrogen-bond acceptors (Lipinski definition) is 5. The maximum Gasteiger partial charge on any atom is 0.340 e. The Labute approximate surface area is 191 Å². The van der Waals surface area contributed by atoms with Gasteiger partial charge in [0.05, 0.1) is 23.9 Å². The molecule has 8 nitrogen and oxygen atoms in total.